The van der Waals surface area contributed by atoms with Crippen LogP contribution in [0, 0.1) is 0 Å². The quantitative estimate of drug-likeness (QED) is 0.398. The van der Waals surface area contributed by atoms with Gasteiger partial charge in [-0.3, -0.25) is 0 Å². The second-order valence-electron chi connectivity index (χ2n) is 2.54. The van der Waals surface area contributed by atoms with E-state index in [0.29, 0.717) is 0 Å². The van der Waals surface area contributed by atoms with E-state index in [1.54, 1.807) is 6.08 Å². The summed E-state index contributed by atoms with van der Waals surface area (Å²) in [6.07, 6.45) is 15.2. The summed E-state index contributed by atoms with van der Waals surface area (Å²) in [7, 11) is 0. The van der Waals surface area contributed by atoms with Crippen LogP contribution in [0.1, 0.15) is 32.6 Å². The first-order valence-electron chi connectivity index (χ1n) is 4.36. The summed E-state index contributed by atoms with van der Waals surface area (Å²) < 4.78 is 0. The molecule has 0 unspecified atom stereocenters. The second kappa shape index (κ2) is 9.22. The van der Waals surface area contributed by atoms with Crippen molar-refractivity contribution in [3.05, 3.63) is 37.0 Å². The number of allylic oxidation sites excluding steroid dienone is 5. The molecule has 11 heavy (non-hydrogen) atoms. The van der Waals surface area contributed by atoms with Crippen molar-refractivity contribution in [2.75, 3.05) is 0 Å². The van der Waals surface area contributed by atoms with Crippen LogP contribution >= 0.6 is 0 Å². The molecule has 0 bridgehead atoms. The third-order valence-corrected chi connectivity index (χ3v) is 1.47. The topological polar surface area (TPSA) is 0 Å². The lowest BCUT2D eigenvalue weighted by atomic mass is 10.2. The molecule has 0 saturated carbocycles. The van der Waals surface area contributed by atoms with Gasteiger partial charge in [-0.1, -0.05) is 56.7 Å². The van der Waals surface area contributed by atoms with Gasteiger partial charge in [0.2, 0.25) is 0 Å². The van der Waals surface area contributed by atoms with Gasteiger partial charge in [0.05, 0.1) is 0 Å². The Balaban J connectivity index is 3.15. The molecule has 62 valence electrons. The largest absolute Gasteiger partial charge is 0.0991 e. The summed E-state index contributed by atoms with van der Waals surface area (Å²) in [6, 6.07) is 0. The summed E-state index contributed by atoms with van der Waals surface area (Å²) in [4.78, 5) is 0. The van der Waals surface area contributed by atoms with E-state index in [0.717, 1.165) is 0 Å². The highest BCUT2D eigenvalue weighted by Gasteiger charge is 1.79. The average Bonchev–Trinajstić information content (AvgIpc) is 2.03. The van der Waals surface area contributed by atoms with Crippen molar-refractivity contribution < 1.29 is 0 Å². The van der Waals surface area contributed by atoms with E-state index in [9.17, 15) is 0 Å². The summed E-state index contributed by atoms with van der Waals surface area (Å²) in [5.41, 5.74) is 0. The highest BCUT2D eigenvalue weighted by molar-refractivity contribution is 5.08. The van der Waals surface area contributed by atoms with Crippen LogP contribution in [-0.4, -0.2) is 0 Å². The monoisotopic (exact) mass is 150 g/mol. The normalized spacial score (nSPS) is 11.4. The molecule has 0 fully saturated rings. The van der Waals surface area contributed by atoms with Crippen molar-refractivity contribution in [2.45, 2.75) is 32.6 Å². The summed E-state index contributed by atoms with van der Waals surface area (Å²) in [5.74, 6) is 0. The average molecular weight is 150 g/mol. The fourth-order valence-corrected chi connectivity index (χ4v) is 0.830. The summed E-state index contributed by atoms with van der Waals surface area (Å²) >= 11 is 0. The van der Waals surface area contributed by atoms with Crippen molar-refractivity contribution in [2.24, 2.45) is 0 Å². The van der Waals surface area contributed by atoms with Gasteiger partial charge in [0.25, 0.3) is 0 Å². The highest BCUT2D eigenvalue weighted by atomic mass is 13.9. The van der Waals surface area contributed by atoms with Crippen molar-refractivity contribution in [3.8, 4) is 0 Å². The van der Waals surface area contributed by atoms with Gasteiger partial charge in [0.1, 0.15) is 0 Å². The van der Waals surface area contributed by atoms with E-state index < -0.39 is 0 Å². The molecule has 0 rings (SSSR count). The molecule has 0 nitrogen and oxygen atoms in total. The number of unbranched alkanes of at least 4 members (excludes halogenated alkanes) is 3. The predicted molar refractivity (Wildman–Crippen MR) is 52.6 cm³/mol. The molecule has 0 atom stereocenters. The van der Waals surface area contributed by atoms with E-state index in [1.165, 1.54) is 25.7 Å². The van der Waals surface area contributed by atoms with Gasteiger partial charge in [0, 0.05) is 0 Å². The first kappa shape index (κ1) is 10.2. The molecule has 0 heterocycles. The number of rotatable bonds is 6. The lowest BCUT2D eigenvalue weighted by Gasteiger charge is -1.89. The van der Waals surface area contributed by atoms with E-state index >= 15 is 0 Å². The molecule has 0 aliphatic heterocycles. The SMILES string of the molecule is C=C/C=C\C=C\CCCCC. The fraction of sp³-hybridized carbons (Fsp3) is 0.455. The summed E-state index contributed by atoms with van der Waals surface area (Å²) in [5, 5.41) is 0. The van der Waals surface area contributed by atoms with Gasteiger partial charge < -0.3 is 0 Å². The van der Waals surface area contributed by atoms with Gasteiger partial charge >= 0.3 is 0 Å². The Morgan fingerprint density at radius 1 is 1.09 bits per heavy atom. The first-order chi connectivity index (χ1) is 5.41. The third kappa shape index (κ3) is 9.22. The van der Waals surface area contributed by atoms with Crippen LogP contribution in [0.15, 0.2) is 37.0 Å². The maximum Gasteiger partial charge on any atom is -0.0348 e. The van der Waals surface area contributed by atoms with Gasteiger partial charge in [0.15, 0.2) is 0 Å². The standard InChI is InChI=1S/C11H18/c1-3-5-7-9-11-10-8-6-4-2/h3,5,7,9,11H,1,4,6,8,10H2,2H3/b7-5-,11-9+. The maximum atomic E-state index is 3.59. The Labute approximate surface area is 70.3 Å². The van der Waals surface area contributed by atoms with Crippen LogP contribution in [-0.2, 0) is 0 Å². The number of hydrogen-bond donors (Lipinski definition) is 0. The molecule has 0 radical (unpaired) electrons. The maximum absolute atomic E-state index is 3.59. The fourth-order valence-electron chi connectivity index (χ4n) is 0.830. The smallest absolute Gasteiger partial charge is 0.0348 e. The molecule has 0 heteroatoms. The Hall–Kier alpha value is -0.780. The highest BCUT2D eigenvalue weighted by Crippen LogP contribution is 1.99. The van der Waals surface area contributed by atoms with Crippen LogP contribution in [0.4, 0.5) is 0 Å². The molecule has 0 saturated heterocycles. The van der Waals surface area contributed by atoms with Crippen LogP contribution in [0.25, 0.3) is 0 Å². The Morgan fingerprint density at radius 3 is 2.55 bits per heavy atom. The van der Waals surface area contributed by atoms with E-state index in [2.05, 4.69) is 25.7 Å². The molecule has 0 aromatic heterocycles. The molecule has 0 aliphatic rings. The summed E-state index contributed by atoms with van der Waals surface area (Å²) in [6.45, 7) is 5.81. The van der Waals surface area contributed by atoms with Crippen LogP contribution < -0.4 is 0 Å². The number of hydrogen-bond acceptors (Lipinski definition) is 0. The predicted octanol–water partition coefficient (Wildman–Crippen LogP) is 3.87. The minimum absolute atomic E-state index is 1.20. The van der Waals surface area contributed by atoms with E-state index in [4.69, 9.17) is 0 Å². The van der Waals surface area contributed by atoms with Crippen LogP contribution in [0.3, 0.4) is 0 Å². The minimum atomic E-state index is 1.20. The molecule has 0 N–H and O–H groups in total. The van der Waals surface area contributed by atoms with Gasteiger partial charge in [-0.25, -0.2) is 0 Å². The van der Waals surface area contributed by atoms with E-state index in [-0.39, 0.29) is 0 Å². The molecular formula is C11H18. The zero-order valence-electron chi connectivity index (χ0n) is 7.42. The van der Waals surface area contributed by atoms with Gasteiger partial charge in [-0.15, -0.1) is 0 Å². The molecule has 0 spiro atoms. The Morgan fingerprint density at radius 2 is 1.91 bits per heavy atom. The third-order valence-electron chi connectivity index (χ3n) is 1.47. The van der Waals surface area contributed by atoms with Gasteiger partial charge in [-0.2, -0.15) is 0 Å². The van der Waals surface area contributed by atoms with Gasteiger partial charge in [-0.05, 0) is 12.8 Å². The second-order valence-corrected chi connectivity index (χ2v) is 2.54. The molecule has 0 amide bonds. The molecular weight excluding hydrogens is 132 g/mol. The Kier molecular flexibility index (Phi) is 8.57. The van der Waals surface area contributed by atoms with Crippen LogP contribution in [0.5, 0.6) is 0 Å². The Bertz CT molecular complexity index is 129. The zero-order chi connectivity index (χ0) is 8.36. The van der Waals surface area contributed by atoms with Crippen molar-refractivity contribution in [3.63, 3.8) is 0 Å². The van der Waals surface area contributed by atoms with Crippen molar-refractivity contribution >= 4 is 0 Å². The van der Waals surface area contributed by atoms with Crippen molar-refractivity contribution in [1.82, 2.24) is 0 Å². The lowest BCUT2D eigenvalue weighted by molar-refractivity contribution is 0.729. The van der Waals surface area contributed by atoms with E-state index in [1.807, 2.05) is 12.2 Å². The van der Waals surface area contributed by atoms with Crippen molar-refractivity contribution in [1.29, 1.82) is 0 Å². The first-order valence-corrected chi connectivity index (χ1v) is 4.36. The minimum Gasteiger partial charge on any atom is -0.0991 e. The zero-order valence-corrected chi connectivity index (χ0v) is 7.42. The molecule has 0 aromatic rings. The van der Waals surface area contributed by atoms with Crippen LogP contribution in [0.2, 0.25) is 0 Å². The molecule has 0 aromatic carbocycles. The lowest BCUT2D eigenvalue weighted by Crippen LogP contribution is -1.69. The molecule has 0 aliphatic carbocycles.